The molecule has 0 radical (unpaired) electrons. The first kappa shape index (κ1) is 32.2. The number of hydrogen-bond donors (Lipinski definition) is 2. The van der Waals surface area contributed by atoms with E-state index in [0.29, 0.717) is 6.04 Å². The normalized spacial score (nSPS) is 22.9. The van der Waals surface area contributed by atoms with Gasteiger partial charge in [-0.25, -0.2) is 0 Å². The number of alkyl halides is 3. The van der Waals surface area contributed by atoms with Crippen molar-refractivity contribution < 1.29 is 24.1 Å². The van der Waals surface area contributed by atoms with Crippen LogP contribution in [-0.4, -0.2) is 58.7 Å². The lowest BCUT2D eigenvalue weighted by Gasteiger charge is -2.38. The van der Waals surface area contributed by atoms with Gasteiger partial charge in [-0.05, 0) is 47.2 Å². The van der Waals surface area contributed by atoms with Crippen molar-refractivity contribution in [1.82, 2.24) is 10.2 Å². The molecule has 2 aliphatic heterocycles. The summed E-state index contributed by atoms with van der Waals surface area (Å²) in [5.41, 5.74) is 5.68. The number of carbonyl (C=O) groups is 1. The second-order valence-corrected chi connectivity index (χ2v) is 13.3. The highest BCUT2D eigenvalue weighted by Gasteiger charge is 2.35. The first-order valence-electron chi connectivity index (χ1n) is 14.5. The Kier molecular flexibility index (Phi) is 11.0. The van der Waals surface area contributed by atoms with E-state index in [1.165, 1.54) is 0 Å². The lowest BCUT2D eigenvalue weighted by atomic mass is 9.97. The SMILES string of the molecule is COCC1CCCN1CC1CC(c2ccc(CO)cc2)OC(c2ccc(-c3ccccc3CNC(=O)C(Cl)(Cl)Cl)cc2)O1. The zero-order valence-electron chi connectivity index (χ0n) is 24.1. The smallest absolute Gasteiger partial charge is 0.272 e. The van der Waals surface area contributed by atoms with E-state index in [1.54, 1.807) is 7.11 Å². The van der Waals surface area contributed by atoms with Crippen molar-refractivity contribution in [3.8, 4) is 11.1 Å². The van der Waals surface area contributed by atoms with Crippen molar-refractivity contribution in [3.05, 3.63) is 95.1 Å². The summed E-state index contributed by atoms with van der Waals surface area (Å²) in [6.45, 7) is 2.79. The molecule has 2 aliphatic rings. The molecule has 4 atom stereocenters. The molecule has 10 heteroatoms. The van der Waals surface area contributed by atoms with Crippen LogP contribution in [-0.2, 0) is 32.2 Å². The number of hydrogen-bond acceptors (Lipinski definition) is 6. The highest BCUT2D eigenvalue weighted by molar-refractivity contribution is 6.76. The molecule has 0 aliphatic carbocycles. The molecule has 2 heterocycles. The van der Waals surface area contributed by atoms with E-state index in [4.69, 9.17) is 49.0 Å². The largest absolute Gasteiger partial charge is 0.392 e. The van der Waals surface area contributed by atoms with Gasteiger partial charge in [0.05, 0.1) is 25.4 Å². The van der Waals surface area contributed by atoms with E-state index in [9.17, 15) is 9.90 Å². The fourth-order valence-corrected chi connectivity index (χ4v) is 6.06. The van der Waals surface area contributed by atoms with Gasteiger partial charge in [0, 0.05) is 38.2 Å². The topological polar surface area (TPSA) is 80.3 Å². The zero-order valence-corrected chi connectivity index (χ0v) is 26.3. The van der Waals surface area contributed by atoms with Crippen LogP contribution in [0.15, 0.2) is 72.8 Å². The third kappa shape index (κ3) is 8.29. The van der Waals surface area contributed by atoms with Gasteiger partial charge in [-0.3, -0.25) is 9.69 Å². The van der Waals surface area contributed by atoms with Crippen LogP contribution in [0.25, 0.3) is 11.1 Å². The molecule has 5 rings (SSSR count). The highest BCUT2D eigenvalue weighted by atomic mass is 35.6. The summed E-state index contributed by atoms with van der Waals surface area (Å²) in [4.78, 5) is 14.6. The first-order chi connectivity index (χ1) is 20.7. The van der Waals surface area contributed by atoms with Crippen molar-refractivity contribution in [2.24, 2.45) is 0 Å². The molecule has 0 saturated carbocycles. The third-order valence-corrected chi connectivity index (χ3v) is 8.63. The number of ether oxygens (including phenoxy) is 3. The van der Waals surface area contributed by atoms with Gasteiger partial charge in [-0.2, -0.15) is 0 Å². The van der Waals surface area contributed by atoms with E-state index < -0.39 is 16.0 Å². The molecule has 1 amide bonds. The lowest BCUT2D eigenvalue weighted by Crippen LogP contribution is -2.42. The minimum atomic E-state index is -2.02. The van der Waals surface area contributed by atoms with Gasteiger partial charge >= 0.3 is 0 Å². The summed E-state index contributed by atoms with van der Waals surface area (Å²) in [6.07, 6.45) is 2.30. The van der Waals surface area contributed by atoms with E-state index in [1.807, 2.05) is 72.8 Å². The summed E-state index contributed by atoms with van der Waals surface area (Å²) in [5, 5.41) is 12.2. The Morgan fingerprint density at radius 2 is 1.74 bits per heavy atom. The number of aliphatic hydroxyl groups is 1. The van der Waals surface area contributed by atoms with Crippen molar-refractivity contribution in [1.29, 1.82) is 0 Å². The lowest BCUT2D eigenvalue weighted by molar-refractivity contribution is -0.253. The highest BCUT2D eigenvalue weighted by Crippen LogP contribution is 2.39. The van der Waals surface area contributed by atoms with Gasteiger partial charge in [-0.15, -0.1) is 0 Å². The number of aliphatic hydroxyl groups excluding tert-OH is 1. The monoisotopic (exact) mass is 646 g/mol. The maximum atomic E-state index is 12.1. The first-order valence-corrected chi connectivity index (χ1v) is 15.7. The van der Waals surface area contributed by atoms with Gasteiger partial charge in [0.25, 0.3) is 9.70 Å². The number of amides is 1. The Bertz CT molecular complexity index is 1350. The van der Waals surface area contributed by atoms with Crippen LogP contribution in [0.5, 0.6) is 0 Å². The fraction of sp³-hybridized carbons (Fsp3) is 0.424. The summed E-state index contributed by atoms with van der Waals surface area (Å²) >= 11 is 17.1. The molecule has 0 bridgehead atoms. The van der Waals surface area contributed by atoms with Gasteiger partial charge < -0.3 is 24.6 Å². The fourth-order valence-electron chi connectivity index (χ4n) is 5.86. The predicted octanol–water partition coefficient (Wildman–Crippen LogP) is 6.49. The van der Waals surface area contributed by atoms with Gasteiger partial charge in [0.15, 0.2) is 6.29 Å². The van der Waals surface area contributed by atoms with Crippen LogP contribution >= 0.6 is 34.8 Å². The van der Waals surface area contributed by atoms with Crippen LogP contribution in [0.4, 0.5) is 0 Å². The number of nitrogens with one attached hydrogen (secondary N) is 1. The van der Waals surface area contributed by atoms with Crippen molar-refractivity contribution in [2.75, 3.05) is 26.8 Å². The predicted molar refractivity (Wildman–Crippen MR) is 169 cm³/mol. The van der Waals surface area contributed by atoms with Crippen molar-refractivity contribution in [2.45, 2.75) is 60.7 Å². The Labute approximate surface area is 268 Å². The minimum Gasteiger partial charge on any atom is -0.392 e. The second-order valence-electron chi connectivity index (χ2n) is 11.1. The molecule has 3 aromatic carbocycles. The molecule has 43 heavy (non-hydrogen) atoms. The van der Waals surface area contributed by atoms with Crippen molar-refractivity contribution in [3.63, 3.8) is 0 Å². The minimum absolute atomic E-state index is 0.00473. The Hall–Kier alpha value is -2.20. The van der Waals surface area contributed by atoms with Crippen LogP contribution in [0.3, 0.4) is 0 Å². The van der Waals surface area contributed by atoms with Crippen LogP contribution in [0.2, 0.25) is 0 Å². The molecule has 2 N–H and O–H groups in total. The molecule has 0 aromatic heterocycles. The third-order valence-electron chi connectivity index (χ3n) is 8.12. The van der Waals surface area contributed by atoms with Crippen molar-refractivity contribution >= 4 is 40.7 Å². The Morgan fingerprint density at radius 3 is 2.44 bits per heavy atom. The average molecular weight is 648 g/mol. The molecule has 2 saturated heterocycles. The van der Waals surface area contributed by atoms with Crippen LogP contribution < -0.4 is 5.32 Å². The number of likely N-dealkylation sites (tertiary alicyclic amines) is 1. The number of benzene rings is 3. The summed E-state index contributed by atoms with van der Waals surface area (Å²) < 4.78 is 16.6. The van der Waals surface area contributed by atoms with E-state index in [2.05, 4.69) is 10.2 Å². The number of methoxy groups -OCH3 is 1. The quantitative estimate of drug-likeness (QED) is 0.245. The molecule has 4 unspecified atom stereocenters. The molecule has 2 fully saturated rings. The molecule has 3 aromatic rings. The average Bonchev–Trinajstić information content (AvgIpc) is 3.46. The maximum absolute atomic E-state index is 12.1. The van der Waals surface area contributed by atoms with Crippen LogP contribution in [0.1, 0.15) is 53.9 Å². The summed E-state index contributed by atoms with van der Waals surface area (Å²) in [5.74, 6) is -0.674. The molecular formula is C33H37Cl3N2O5. The van der Waals surface area contributed by atoms with E-state index in [0.717, 1.165) is 72.3 Å². The maximum Gasteiger partial charge on any atom is 0.272 e. The summed E-state index contributed by atoms with van der Waals surface area (Å²) in [6, 6.07) is 24.2. The number of rotatable bonds is 10. The molecule has 7 nitrogen and oxygen atoms in total. The molecule has 0 spiro atoms. The number of halogens is 3. The van der Waals surface area contributed by atoms with E-state index in [-0.39, 0.29) is 25.4 Å². The van der Waals surface area contributed by atoms with Gasteiger partial charge in [0.2, 0.25) is 0 Å². The Balaban J connectivity index is 1.35. The Morgan fingerprint density at radius 1 is 1.02 bits per heavy atom. The second kappa shape index (κ2) is 14.7. The standard InChI is InChI=1S/C33H37Cl3N2O5/c1-41-21-27-6-4-16-38(27)19-28-17-30(24-10-8-22(20-39)9-11-24)43-31(42-28)25-14-12-23(13-15-25)29-7-3-2-5-26(29)18-37-32(40)33(34,35)36/h2-3,5,7-15,27-28,30-31,39H,4,6,16-21H2,1H3,(H,37,40). The van der Waals surface area contributed by atoms with Gasteiger partial charge in [0.1, 0.15) is 0 Å². The zero-order chi connectivity index (χ0) is 30.4. The molecular weight excluding hydrogens is 611 g/mol. The van der Waals surface area contributed by atoms with Gasteiger partial charge in [-0.1, -0.05) is 108 Å². The number of carbonyl (C=O) groups excluding carboxylic acids is 1. The molecule has 230 valence electrons. The summed E-state index contributed by atoms with van der Waals surface area (Å²) in [7, 11) is 1.76. The van der Waals surface area contributed by atoms with E-state index >= 15 is 0 Å². The van der Waals surface area contributed by atoms with Crippen LogP contribution in [0, 0.1) is 0 Å². The number of nitrogens with zero attached hydrogens (tertiary/aromatic N) is 1.